The minimum absolute atomic E-state index is 0.0341. The van der Waals surface area contributed by atoms with Crippen LogP contribution >= 0.6 is 15.9 Å². The molecule has 1 aromatic rings. The molecule has 6 heteroatoms. The van der Waals surface area contributed by atoms with Crippen molar-refractivity contribution in [3.8, 4) is 0 Å². The van der Waals surface area contributed by atoms with E-state index in [0.29, 0.717) is 19.6 Å². The Balaban J connectivity index is 1.81. The van der Waals surface area contributed by atoms with Crippen LogP contribution in [-0.2, 0) is 9.59 Å². The summed E-state index contributed by atoms with van der Waals surface area (Å²) in [6.07, 6.45) is 0. The minimum atomic E-state index is -0.0341. The Bertz CT molecular complexity index is 499. The van der Waals surface area contributed by atoms with Crippen molar-refractivity contribution in [1.29, 1.82) is 0 Å². The van der Waals surface area contributed by atoms with Crippen molar-refractivity contribution in [2.45, 2.75) is 6.92 Å². The van der Waals surface area contributed by atoms with Crippen LogP contribution < -0.4 is 5.32 Å². The van der Waals surface area contributed by atoms with Gasteiger partial charge in [-0.3, -0.25) is 14.5 Å². The molecule has 1 aliphatic heterocycles. The molecule has 2 rings (SSSR count). The van der Waals surface area contributed by atoms with E-state index in [2.05, 4.69) is 26.1 Å². The molecule has 0 unspecified atom stereocenters. The average Bonchev–Trinajstić information content (AvgIpc) is 2.42. The second-order valence-electron chi connectivity index (χ2n) is 4.81. The van der Waals surface area contributed by atoms with Gasteiger partial charge >= 0.3 is 0 Å². The molecule has 5 nitrogen and oxygen atoms in total. The van der Waals surface area contributed by atoms with Gasteiger partial charge in [-0.2, -0.15) is 0 Å². The Labute approximate surface area is 127 Å². The van der Waals surface area contributed by atoms with Gasteiger partial charge in [-0.25, -0.2) is 0 Å². The fourth-order valence-electron chi connectivity index (χ4n) is 2.18. The van der Waals surface area contributed by atoms with Crippen LogP contribution in [0, 0.1) is 0 Å². The van der Waals surface area contributed by atoms with Gasteiger partial charge in [0.25, 0.3) is 0 Å². The number of hydrogen-bond acceptors (Lipinski definition) is 3. The predicted octanol–water partition coefficient (Wildman–Crippen LogP) is 1.55. The van der Waals surface area contributed by atoms with Gasteiger partial charge in [0.15, 0.2) is 0 Å². The predicted molar refractivity (Wildman–Crippen MR) is 81.5 cm³/mol. The third kappa shape index (κ3) is 4.05. The normalized spacial score (nSPS) is 16.0. The first-order valence-electron chi connectivity index (χ1n) is 6.58. The molecule has 0 radical (unpaired) electrons. The van der Waals surface area contributed by atoms with E-state index >= 15 is 0 Å². The Morgan fingerprint density at radius 2 is 1.85 bits per heavy atom. The maximum atomic E-state index is 12.0. The zero-order chi connectivity index (χ0) is 14.5. The largest absolute Gasteiger partial charge is 0.340 e. The summed E-state index contributed by atoms with van der Waals surface area (Å²) in [6.45, 7) is 4.80. The van der Waals surface area contributed by atoms with Crippen molar-refractivity contribution < 1.29 is 9.59 Å². The number of amides is 2. The number of para-hydroxylation sites is 1. The third-order valence-electron chi connectivity index (χ3n) is 3.33. The highest BCUT2D eigenvalue weighted by Crippen LogP contribution is 2.21. The molecule has 1 aromatic carbocycles. The molecule has 0 aliphatic carbocycles. The number of rotatable bonds is 3. The summed E-state index contributed by atoms with van der Waals surface area (Å²) in [5.41, 5.74) is 0.778. The molecule has 0 bridgehead atoms. The van der Waals surface area contributed by atoms with Crippen LogP contribution in [0.4, 0.5) is 5.69 Å². The fourth-order valence-corrected chi connectivity index (χ4v) is 2.56. The van der Waals surface area contributed by atoms with Crippen molar-refractivity contribution >= 4 is 33.4 Å². The number of carbonyl (C=O) groups is 2. The number of halogens is 1. The van der Waals surface area contributed by atoms with Gasteiger partial charge in [-0.05, 0) is 28.1 Å². The topological polar surface area (TPSA) is 52.7 Å². The van der Waals surface area contributed by atoms with Crippen molar-refractivity contribution in [3.63, 3.8) is 0 Å². The highest BCUT2D eigenvalue weighted by Gasteiger charge is 2.20. The Hall–Kier alpha value is -1.40. The first-order valence-corrected chi connectivity index (χ1v) is 7.38. The lowest BCUT2D eigenvalue weighted by atomic mass is 10.3. The number of hydrogen-bond donors (Lipinski definition) is 1. The number of carbonyl (C=O) groups excluding carboxylic acids is 2. The van der Waals surface area contributed by atoms with E-state index in [0.717, 1.165) is 23.2 Å². The quantitative estimate of drug-likeness (QED) is 0.909. The highest BCUT2D eigenvalue weighted by molar-refractivity contribution is 9.10. The summed E-state index contributed by atoms with van der Waals surface area (Å²) < 4.78 is 0.870. The van der Waals surface area contributed by atoms with Gasteiger partial charge in [0, 0.05) is 37.6 Å². The van der Waals surface area contributed by atoms with E-state index in [1.807, 2.05) is 29.2 Å². The molecule has 108 valence electrons. The van der Waals surface area contributed by atoms with Crippen LogP contribution in [0.1, 0.15) is 6.92 Å². The van der Waals surface area contributed by atoms with Crippen LogP contribution in [0.15, 0.2) is 28.7 Å². The van der Waals surface area contributed by atoms with Gasteiger partial charge in [0.1, 0.15) is 0 Å². The average molecular weight is 340 g/mol. The molecule has 0 atom stereocenters. The highest BCUT2D eigenvalue weighted by atomic mass is 79.9. The summed E-state index contributed by atoms with van der Waals surface area (Å²) in [5, 5.41) is 2.88. The van der Waals surface area contributed by atoms with Crippen molar-refractivity contribution in [3.05, 3.63) is 28.7 Å². The lowest BCUT2D eigenvalue weighted by molar-refractivity contribution is -0.130. The fraction of sp³-hybridized carbons (Fsp3) is 0.429. The van der Waals surface area contributed by atoms with E-state index in [4.69, 9.17) is 0 Å². The molecule has 0 saturated carbocycles. The number of nitrogens with one attached hydrogen (secondary N) is 1. The first-order chi connectivity index (χ1) is 9.56. The van der Waals surface area contributed by atoms with Crippen LogP contribution in [0.25, 0.3) is 0 Å². The Morgan fingerprint density at radius 3 is 2.45 bits per heavy atom. The van der Waals surface area contributed by atoms with E-state index < -0.39 is 0 Å². The summed E-state index contributed by atoms with van der Waals surface area (Å²) in [6, 6.07) is 7.53. The molecular formula is C14H18BrN3O2. The lowest BCUT2D eigenvalue weighted by Crippen LogP contribution is -2.49. The van der Waals surface area contributed by atoms with E-state index in [-0.39, 0.29) is 11.8 Å². The number of benzene rings is 1. The van der Waals surface area contributed by atoms with Crippen LogP contribution in [0.5, 0.6) is 0 Å². The standard InChI is InChI=1S/C14H18BrN3O2/c1-11(19)18-8-6-17(7-9-18)10-14(20)16-13-5-3-2-4-12(13)15/h2-5H,6-10H2,1H3,(H,16,20). The van der Waals surface area contributed by atoms with Gasteiger partial charge in [0.05, 0.1) is 12.2 Å². The molecule has 1 heterocycles. The van der Waals surface area contributed by atoms with Crippen molar-refractivity contribution in [2.75, 3.05) is 38.0 Å². The second-order valence-corrected chi connectivity index (χ2v) is 5.66. The van der Waals surface area contributed by atoms with E-state index in [1.165, 1.54) is 0 Å². The maximum absolute atomic E-state index is 12.0. The number of anilines is 1. The zero-order valence-corrected chi connectivity index (χ0v) is 13.0. The zero-order valence-electron chi connectivity index (χ0n) is 11.4. The molecule has 1 aliphatic rings. The minimum Gasteiger partial charge on any atom is -0.340 e. The smallest absolute Gasteiger partial charge is 0.238 e. The number of nitrogens with zero attached hydrogens (tertiary/aromatic N) is 2. The molecule has 2 amide bonds. The van der Waals surface area contributed by atoms with Gasteiger partial charge in [-0.15, -0.1) is 0 Å². The van der Waals surface area contributed by atoms with Crippen molar-refractivity contribution in [1.82, 2.24) is 9.80 Å². The first kappa shape index (κ1) is 15.0. The monoisotopic (exact) mass is 339 g/mol. The third-order valence-corrected chi connectivity index (χ3v) is 4.02. The molecule has 20 heavy (non-hydrogen) atoms. The molecule has 0 aromatic heterocycles. The second kappa shape index (κ2) is 6.85. The van der Waals surface area contributed by atoms with Gasteiger partial charge < -0.3 is 10.2 Å². The van der Waals surface area contributed by atoms with E-state index in [1.54, 1.807) is 6.92 Å². The van der Waals surface area contributed by atoms with Crippen LogP contribution in [0.2, 0.25) is 0 Å². The molecular weight excluding hydrogens is 322 g/mol. The summed E-state index contributed by atoms with van der Waals surface area (Å²) in [4.78, 5) is 27.1. The van der Waals surface area contributed by atoms with Crippen LogP contribution in [0.3, 0.4) is 0 Å². The van der Waals surface area contributed by atoms with Crippen LogP contribution in [-0.4, -0.2) is 54.3 Å². The Morgan fingerprint density at radius 1 is 1.20 bits per heavy atom. The summed E-state index contributed by atoms with van der Waals surface area (Å²) >= 11 is 3.40. The molecule has 1 fully saturated rings. The number of piperazine rings is 1. The Kier molecular flexibility index (Phi) is 5.14. The van der Waals surface area contributed by atoms with Gasteiger partial charge in [-0.1, -0.05) is 12.1 Å². The van der Waals surface area contributed by atoms with Crippen molar-refractivity contribution in [2.24, 2.45) is 0 Å². The molecule has 0 spiro atoms. The summed E-state index contributed by atoms with van der Waals surface area (Å²) in [5.74, 6) is 0.0653. The summed E-state index contributed by atoms with van der Waals surface area (Å²) in [7, 11) is 0. The molecule has 1 saturated heterocycles. The van der Waals surface area contributed by atoms with Gasteiger partial charge in [0.2, 0.25) is 11.8 Å². The van der Waals surface area contributed by atoms with E-state index in [9.17, 15) is 9.59 Å². The lowest BCUT2D eigenvalue weighted by Gasteiger charge is -2.33. The SMILES string of the molecule is CC(=O)N1CCN(CC(=O)Nc2ccccc2Br)CC1. The molecule has 1 N–H and O–H groups in total. The maximum Gasteiger partial charge on any atom is 0.238 e.